The summed E-state index contributed by atoms with van der Waals surface area (Å²) in [5.41, 5.74) is 6.16. The molecule has 0 spiro atoms. The molecule has 0 saturated heterocycles. The lowest BCUT2D eigenvalue weighted by atomic mass is 9.99. The smallest absolute Gasteiger partial charge is 0.138 e. The molecule has 172 valence electrons. The highest BCUT2D eigenvalue weighted by Crippen LogP contribution is 2.43. The lowest BCUT2D eigenvalue weighted by Gasteiger charge is -2.15. The Hall–Kier alpha value is -2.09. The van der Waals surface area contributed by atoms with E-state index in [9.17, 15) is 5.11 Å². The van der Waals surface area contributed by atoms with Crippen LogP contribution in [0.15, 0.2) is 30.3 Å². The van der Waals surface area contributed by atoms with Gasteiger partial charge in [0, 0.05) is 59.4 Å². The highest BCUT2D eigenvalue weighted by molar-refractivity contribution is 6.33. The molecular formula is C24H29Cl2N3O3. The fraction of sp³-hybridized carbons (Fsp3) is 0.375. The fourth-order valence-corrected chi connectivity index (χ4v) is 4.41. The van der Waals surface area contributed by atoms with Crippen LogP contribution in [0, 0.1) is 5.41 Å². The van der Waals surface area contributed by atoms with E-state index in [0.29, 0.717) is 36.8 Å². The molecule has 0 amide bonds. The summed E-state index contributed by atoms with van der Waals surface area (Å²) >= 11 is 6.56. The zero-order chi connectivity index (χ0) is 22.0. The summed E-state index contributed by atoms with van der Waals surface area (Å²) in [4.78, 5) is 3.45. The summed E-state index contributed by atoms with van der Waals surface area (Å²) < 4.78 is 5.82. The number of aliphatic hydroxyl groups is 2. The van der Waals surface area contributed by atoms with Crippen LogP contribution in [0.4, 0.5) is 0 Å². The van der Waals surface area contributed by atoms with Gasteiger partial charge in [-0.3, -0.25) is 5.32 Å². The van der Waals surface area contributed by atoms with E-state index in [1.165, 1.54) is 0 Å². The van der Waals surface area contributed by atoms with Gasteiger partial charge in [0.05, 0.1) is 11.6 Å². The predicted molar refractivity (Wildman–Crippen MR) is 131 cm³/mol. The van der Waals surface area contributed by atoms with Crippen molar-refractivity contribution in [2.24, 2.45) is 0 Å². The van der Waals surface area contributed by atoms with Crippen molar-refractivity contribution in [3.8, 4) is 17.0 Å². The highest BCUT2D eigenvalue weighted by Gasteiger charge is 2.29. The molecule has 1 aromatic heterocycles. The number of aromatic amines is 1. The SMILES string of the molecule is CCCC(=N)Cc1ccc2[nH]c(-c3cc(OCCCO)c(Cl)c4c3C(O)NC4)cc2c1.Cl. The molecule has 1 unspecified atom stereocenters. The Morgan fingerprint density at radius 2 is 2.09 bits per heavy atom. The minimum absolute atomic E-state index is 0. The third kappa shape index (κ3) is 4.95. The molecule has 4 rings (SSSR count). The van der Waals surface area contributed by atoms with Gasteiger partial charge in [-0.25, -0.2) is 0 Å². The topological polar surface area (TPSA) is 101 Å². The molecule has 0 bridgehead atoms. The first-order valence-electron chi connectivity index (χ1n) is 10.7. The van der Waals surface area contributed by atoms with Crippen LogP contribution in [0.1, 0.15) is 49.1 Å². The van der Waals surface area contributed by atoms with E-state index >= 15 is 0 Å². The molecule has 0 radical (unpaired) electrons. The standard InChI is InChI=1S/C24H28ClN3O3.ClH/c1-2-4-16(26)10-14-5-6-19-15(9-14)11-20(28-19)17-12-21(31-8-3-7-29)23(25)18-13-27-24(30)22(17)18;/h5-6,9,11-12,24,26-30H,2-4,7-8,10,13H2,1H3;1H. The first-order valence-corrected chi connectivity index (χ1v) is 11.1. The molecule has 1 atom stereocenters. The first kappa shape index (κ1) is 24.6. The van der Waals surface area contributed by atoms with Crippen molar-refractivity contribution in [2.45, 2.75) is 45.4 Å². The van der Waals surface area contributed by atoms with Crippen LogP contribution in [0.2, 0.25) is 5.02 Å². The molecule has 32 heavy (non-hydrogen) atoms. The Morgan fingerprint density at radius 3 is 2.84 bits per heavy atom. The molecule has 6 nitrogen and oxygen atoms in total. The zero-order valence-electron chi connectivity index (χ0n) is 18.0. The minimum Gasteiger partial charge on any atom is -0.492 e. The number of halogens is 2. The molecule has 0 saturated carbocycles. The number of aromatic nitrogens is 1. The summed E-state index contributed by atoms with van der Waals surface area (Å²) in [5, 5.41) is 32.3. The van der Waals surface area contributed by atoms with E-state index in [2.05, 4.69) is 35.4 Å². The van der Waals surface area contributed by atoms with Gasteiger partial charge in [0.1, 0.15) is 12.0 Å². The van der Waals surface area contributed by atoms with E-state index in [1.807, 2.05) is 12.1 Å². The van der Waals surface area contributed by atoms with Gasteiger partial charge in [-0.05, 0) is 41.8 Å². The van der Waals surface area contributed by atoms with Gasteiger partial charge < -0.3 is 25.3 Å². The summed E-state index contributed by atoms with van der Waals surface area (Å²) in [6.45, 7) is 2.97. The quantitative estimate of drug-likeness (QED) is 0.218. The van der Waals surface area contributed by atoms with Crippen LogP contribution >= 0.6 is 24.0 Å². The van der Waals surface area contributed by atoms with Gasteiger partial charge in [0.25, 0.3) is 0 Å². The van der Waals surface area contributed by atoms with Gasteiger partial charge in [0.15, 0.2) is 0 Å². The lowest BCUT2D eigenvalue weighted by Crippen LogP contribution is -2.10. The van der Waals surface area contributed by atoms with Crippen LogP contribution in [-0.2, 0) is 13.0 Å². The molecule has 5 N–H and O–H groups in total. The average Bonchev–Trinajstić information content (AvgIpc) is 3.34. The number of nitrogens with one attached hydrogen (secondary N) is 3. The second-order valence-electron chi connectivity index (χ2n) is 7.97. The molecule has 3 aromatic rings. The van der Waals surface area contributed by atoms with Crippen LogP contribution in [0.5, 0.6) is 5.75 Å². The predicted octanol–water partition coefficient (Wildman–Crippen LogP) is 5.13. The molecule has 0 aliphatic carbocycles. The molecule has 8 heteroatoms. The van der Waals surface area contributed by atoms with Gasteiger partial charge in [-0.2, -0.15) is 0 Å². The zero-order valence-corrected chi connectivity index (χ0v) is 19.6. The average molecular weight is 478 g/mol. The van der Waals surface area contributed by atoms with Crippen molar-refractivity contribution in [1.82, 2.24) is 10.3 Å². The monoisotopic (exact) mass is 477 g/mol. The lowest BCUT2D eigenvalue weighted by molar-refractivity contribution is 0.152. The Labute approximate surface area is 198 Å². The van der Waals surface area contributed by atoms with E-state index in [0.717, 1.165) is 57.4 Å². The number of benzene rings is 2. The van der Waals surface area contributed by atoms with E-state index in [4.69, 9.17) is 26.9 Å². The Morgan fingerprint density at radius 1 is 1.28 bits per heavy atom. The van der Waals surface area contributed by atoms with Crippen molar-refractivity contribution in [2.75, 3.05) is 13.2 Å². The van der Waals surface area contributed by atoms with Crippen molar-refractivity contribution in [3.63, 3.8) is 0 Å². The summed E-state index contributed by atoms with van der Waals surface area (Å²) in [6.07, 6.45) is 2.18. The second-order valence-corrected chi connectivity index (χ2v) is 8.35. The number of H-pyrrole nitrogens is 1. The Balaban J connectivity index is 0.00000289. The first-order chi connectivity index (χ1) is 15.0. The van der Waals surface area contributed by atoms with E-state index < -0.39 is 6.23 Å². The van der Waals surface area contributed by atoms with Crippen LogP contribution in [-0.4, -0.2) is 34.1 Å². The maximum Gasteiger partial charge on any atom is 0.138 e. The van der Waals surface area contributed by atoms with Gasteiger partial charge in [-0.15, -0.1) is 12.4 Å². The molecule has 1 aliphatic rings. The van der Waals surface area contributed by atoms with E-state index in [-0.39, 0.29) is 19.0 Å². The summed E-state index contributed by atoms with van der Waals surface area (Å²) in [5.74, 6) is 0.548. The number of hydrogen-bond donors (Lipinski definition) is 5. The van der Waals surface area contributed by atoms with Crippen molar-refractivity contribution >= 4 is 40.6 Å². The maximum atomic E-state index is 10.5. The number of fused-ring (bicyclic) bond motifs is 2. The Kier molecular flexibility index (Phi) is 8.20. The number of rotatable bonds is 9. The van der Waals surface area contributed by atoms with Crippen molar-refractivity contribution in [1.29, 1.82) is 5.41 Å². The van der Waals surface area contributed by atoms with Gasteiger partial charge in [0.2, 0.25) is 0 Å². The van der Waals surface area contributed by atoms with Gasteiger partial charge in [-0.1, -0.05) is 31.0 Å². The molecule has 2 heterocycles. The molecule has 0 fully saturated rings. The molecule has 2 aromatic carbocycles. The van der Waals surface area contributed by atoms with Crippen molar-refractivity contribution in [3.05, 3.63) is 52.0 Å². The normalized spacial score (nSPS) is 14.9. The van der Waals surface area contributed by atoms with Crippen LogP contribution < -0.4 is 10.1 Å². The number of aliphatic hydroxyl groups excluding tert-OH is 2. The highest BCUT2D eigenvalue weighted by atomic mass is 35.5. The maximum absolute atomic E-state index is 10.5. The third-order valence-corrected chi connectivity index (χ3v) is 6.04. The summed E-state index contributed by atoms with van der Waals surface area (Å²) in [7, 11) is 0. The van der Waals surface area contributed by atoms with Crippen LogP contribution in [0.3, 0.4) is 0 Å². The second kappa shape index (κ2) is 10.7. The largest absolute Gasteiger partial charge is 0.492 e. The van der Waals surface area contributed by atoms with Gasteiger partial charge >= 0.3 is 0 Å². The Bertz CT molecular complexity index is 1110. The number of ether oxygens (including phenoxy) is 1. The van der Waals surface area contributed by atoms with E-state index in [1.54, 1.807) is 0 Å². The number of hydrogen-bond acceptors (Lipinski definition) is 5. The minimum atomic E-state index is -0.800. The fourth-order valence-electron chi connectivity index (χ4n) is 4.14. The van der Waals surface area contributed by atoms with Crippen molar-refractivity contribution < 1.29 is 14.9 Å². The third-order valence-electron chi connectivity index (χ3n) is 5.62. The molecule has 1 aliphatic heterocycles. The molecular weight excluding hydrogens is 449 g/mol. The van der Waals surface area contributed by atoms with Crippen LogP contribution in [0.25, 0.3) is 22.2 Å². The summed E-state index contributed by atoms with van der Waals surface area (Å²) in [6, 6.07) is 10.1.